The van der Waals surface area contributed by atoms with E-state index in [0.717, 1.165) is 17.4 Å². The molecule has 0 unspecified atom stereocenters. The molecule has 0 amide bonds. The number of fused-ring (bicyclic) bond motifs is 1. The third-order valence-corrected chi connectivity index (χ3v) is 3.65. The molecule has 0 aliphatic carbocycles. The van der Waals surface area contributed by atoms with Crippen molar-refractivity contribution in [2.75, 3.05) is 33.9 Å². The van der Waals surface area contributed by atoms with Crippen LogP contribution >= 0.6 is 15.9 Å². The van der Waals surface area contributed by atoms with Crippen LogP contribution < -0.4 is 26.8 Å². The first-order valence-electron chi connectivity index (χ1n) is 6.49. The molecule has 0 atom stereocenters. The number of quaternary nitrogens is 1. The number of ether oxygens (including phenoxy) is 2. The molecular weight excluding hydrogens is 346 g/mol. The Labute approximate surface area is 134 Å². The summed E-state index contributed by atoms with van der Waals surface area (Å²) in [5.74, 6) is 1.50. The summed E-state index contributed by atoms with van der Waals surface area (Å²) in [5.41, 5.74) is 0.672. The molecule has 0 spiro atoms. The van der Waals surface area contributed by atoms with Gasteiger partial charge >= 0.3 is 0 Å². The summed E-state index contributed by atoms with van der Waals surface area (Å²) in [7, 11) is 4.08. The van der Waals surface area contributed by atoms with Gasteiger partial charge in [0.25, 0.3) is 0 Å². The molecule has 0 saturated heterocycles. The van der Waals surface area contributed by atoms with E-state index in [4.69, 9.17) is 9.47 Å². The van der Waals surface area contributed by atoms with Crippen LogP contribution in [0.25, 0.3) is 0 Å². The zero-order chi connectivity index (χ0) is 13.8. The Balaban J connectivity index is 0.00000200. The van der Waals surface area contributed by atoms with Gasteiger partial charge in [0.15, 0.2) is 17.3 Å². The fraction of sp³-hybridized carbons (Fsp3) is 0.500. The van der Waals surface area contributed by atoms with Gasteiger partial charge in [0.2, 0.25) is 0 Å². The number of halogens is 2. The summed E-state index contributed by atoms with van der Waals surface area (Å²) in [6.07, 6.45) is 1.39. The van der Waals surface area contributed by atoms with E-state index < -0.39 is 0 Å². The third-order valence-electron chi connectivity index (χ3n) is 2.99. The molecule has 112 valence electrons. The highest BCUT2D eigenvalue weighted by Crippen LogP contribution is 2.35. The van der Waals surface area contributed by atoms with E-state index in [-0.39, 0.29) is 18.2 Å². The normalized spacial score (nSPS) is 13.6. The van der Waals surface area contributed by atoms with Crippen molar-refractivity contribution in [3.05, 3.63) is 22.2 Å². The molecule has 0 radical (unpaired) electrons. The fourth-order valence-corrected chi connectivity index (χ4v) is 2.44. The van der Waals surface area contributed by atoms with Gasteiger partial charge in [0, 0.05) is 16.5 Å². The Kier molecular flexibility index (Phi) is 6.79. The number of rotatable bonds is 4. The van der Waals surface area contributed by atoms with Crippen molar-refractivity contribution in [2.45, 2.75) is 12.8 Å². The SMILES string of the molecule is C[NH+](C)CCC(=O)c1cc2c(cc1Br)OCCCO2.[Cl-]. The number of carbonyl (C=O) groups excluding carboxylic acids is 1. The maximum absolute atomic E-state index is 12.2. The zero-order valence-corrected chi connectivity index (χ0v) is 14.0. The van der Waals surface area contributed by atoms with E-state index in [9.17, 15) is 4.79 Å². The molecule has 0 saturated carbocycles. The van der Waals surface area contributed by atoms with Crippen molar-refractivity contribution in [3.63, 3.8) is 0 Å². The molecule has 0 fully saturated rings. The predicted octanol–water partition coefficient (Wildman–Crippen LogP) is -1.67. The Hall–Kier alpha value is -0.780. The van der Waals surface area contributed by atoms with Crippen LogP contribution in [0.5, 0.6) is 11.5 Å². The first-order chi connectivity index (χ1) is 9.08. The first-order valence-corrected chi connectivity index (χ1v) is 7.28. The summed E-state index contributed by atoms with van der Waals surface area (Å²) in [6.45, 7) is 2.10. The van der Waals surface area contributed by atoms with Crippen LogP contribution in [0.15, 0.2) is 16.6 Å². The molecule has 1 N–H and O–H groups in total. The molecule has 1 heterocycles. The minimum absolute atomic E-state index is 0. The largest absolute Gasteiger partial charge is 1.00 e. The van der Waals surface area contributed by atoms with Crippen LogP contribution in [-0.2, 0) is 0 Å². The minimum atomic E-state index is 0. The van der Waals surface area contributed by atoms with E-state index in [1.165, 1.54) is 4.90 Å². The van der Waals surface area contributed by atoms with E-state index in [0.29, 0.717) is 36.7 Å². The number of nitrogens with one attached hydrogen (secondary N) is 1. The molecule has 20 heavy (non-hydrogen) atoms. The Morgan fingerprint density at radius 1 is 1.25 bits per heavy atom. The van der Waals surface area contributed by atoms with E-state index in [2.05, 4.69) is 15.9 Å². The lowest BCUT2D eigenvalue weighted by atomic mass is 10.1. The number of hydrogen-bond donors (Lipinski definition) is 1. The summed E-state index contributed by atoms with van der Waals surface area (Å²) in [6, 6.07) is 3.62. The lowest BCUT2D eigenvalue weighted by Gasteiger charge is -2.11. The van der Waals surface area contributed by atoms with Gasteiger partial charge in [0.05, 0.1) is 40.3 Å². The molecule has 0 bridgehead atoms. The van der Waals surface area contributed by atoms with Crippen molar-refractivity contribution in [1.29, 1.82) is 0 Å². The van der Waals surface area contributed by atoms with Crippen LogP contribution in [-0.4, -0.2) is 39.6 Å². The summed E-state index contributed by atoms with van der Waals surface area (Å²) < 4.78 is 12.0. The molecule has 1 aromatic carbocycles. The van der Waals surface area contributed by atoms with Gasteiger partial charge in [-0.25, -0.2) is 0 Å². The van der Waals surface area contributed by atoms with Crippen molar-refractivity contribution in [3.8, 4) is 11.5 Å². The van der Waals surface area contributed by atoms with Crippen LogP contribution in [0.3, 0.4) is 0 Å². The van der Waals surface area contributed by atoms with Crippen LogP contribution in [0.1, 0.15) is 23.2 Å². The highest BCUT2D eigenvalue weighted by molar-refractivity contribution is 9.10. The number of ketones is 1. The second-order valence-electron chi connectivity index (χ2n) is 4.96. The second kappa shape index (κ2) is 7.86. The lowest BCUT2D eigenvalue weighted by molar-refractivity contribution is -0.857. The number of hydrogen-bond acceptors (Lipinski definition) is 3. The van der Waals surface area contributed by atoms with E-state index in [1.54, 1.807) is 6.07 Å². The summed E-state index contributed by atoms with van der Waals surface area (Å²) >= 11 is 3.45. The van der Waals surface area contributed by atoms with Crippen LogP contribution in [0, 0.1) is 0 Å². The maximum atomic E-state index is 12.2. The molecule has 1 aliphatic rings. The highest BCUT2D eigenvalue weighted by atomic mass is 79.9. The lowest BCUT2D eigenvalue weighted by Crippen LogP contribution is -3.05. The molecule has 1 aliphatic heterocycles. The molecular formula is C14H19BrClNO3. The fourth-order valence-electron chi connectivity index (χ4n) is 1.90. The number of benzene rings is 1. The van der Waals surface area contributed by atoms with Gasteiger partial charge in [-0.05, 0) is 28.1 Å². The average molecular weight is 365 g/mol. The Morgan fingerprint density at radius 3 is 2.45 bits per heavy atom. The standard InChI is InChI=1S/C14H18BrNO3.ClH/c1-16(2)5-4-12(17)10-8-13-14(9-11(10)15)19-7-3-6-18-13;/h8-9H,3-7H2,1-2H3;1H. The van der Waals surface area contributed by atoms with Crippen LogP contribution in [0.4, 0.5) is 0 Å². The second-order valence-corrected chi connectivity index (χ2v) is 5.81. The van der Waals surface area contributed by atoms with Gasteiger partial charge in [-0.3, -0.25) is 4.79 Å². The van der Waals surface area contributed by atoms with Crippen molar-refractivity contribution in [2.24, 2.45) is 0 Å². The maximum Gasteiger partial charge on any atom is 0.169 e. The molecule has 4 nitrogen and oxygen atoms in total. The minimum Gasteiger partial charge on any atom is -1.00 e. The topological polar surface area (TPSA) is 40.0 Å². The van der Waals surface area contributed by atoms with Gasteiger partial charge in [-0.15, -0.1) is 0 Å². The van der Waals surface area contributed by atoms with Gasteiger partial charge < -0.3 is 26.8 Å². The zero-order valence-electron chi connectivity index (χ0n) is 11.7. The van der Waals surface area contributed by atoms with Crippen molar-refractivity contribution < 1.29 is 31.6 Å². The number of Topliss-reactive ketones (excluding diaryl/α,β-unsaturated/α-hetero) is 1. The summed E-state index contributed by atoms with van der Waals surface area (Å²) in [4.78, 5) is 13.5. The molecule has 6 heteroatoms. The monoisotopic (exact) mass is 363 g/mol. The third kappa shape index (κ3) is 4.36. The Morgan fingerprint density at radius 2 is 1.85 bits per heavy atom. The molecule has 1 aromatic rings. The van der Waals surface area contributed by atoms with Gasteiger partial charge in [0.1, 0.15) is 0 Å². The Bertz CT molecular complexity index is 480. The number of carbonyl (C=O) groups is 1. The first kappa shape index (κ1) is 17.3. The van der Waals surface area contributed by atoms with Gasteiger partial charge in [-0.2, -0.15) is 0 Å². The van der Waals surface area contributed by atoms with Gasteiger partial charge in [-0.1, -0.05) is 0 Å². The average Bonchev–Trinajstić information content (AvgIpc) is 2.59. The van der Waals surface area contributed by atoms with Crippen molar-refractivity contribution >= 4 is 21.7 Å². The van der Waals surface area contributed by atoms with E-state index in [1.807, 2.05) is 20.2 Å². The smallest absolute Gasteiger partial charge is 0.169 e. The summed E-state index contributed by atoms with van der Waals surface area (Å²) in [5, 5.41) is 0. The quantitative estimate of drug-likeness (QED) is 0.650. The predicted molar refractivity (Wildman–Crippen MR) is 76.4 cm³/mol. The molecule has 2 rings (SSSR count). The van der Waals surface area contributed by atoms with Crippen LogP contribution in [0.2, 0.25) is 0 Å². The molecule has 0 aromatic heterocycles. The van der Waals surface area contributed by atoms with Crippen molar-refractivity contribution in [1.82, 2.24) is 0 Å². The van der Waals surface area contributed by atoms with E-state index >= 15 is 0 Å². The highest BCUT2D eigenvalue weighted by Gasteiger charge is 2.18.